The van der Waals surface area contributed by atoms with Gasteiger partial charge in [0.2, 0.25) is 0 Å². The van der Waals surface area contributed by atoms with Gasteiger partial charge in [-0.2, -0.15) is 5.10 Å². The maximum Gasteiger partial charge on any atom is 0.251 e. The molecule has 1 aromatic carbocycles. The molecule has 26 heavy (non-hydrogen) atoms. The minimum absolute atomic E-state index is 0.0962. The highest BCUT2D eigenvalue weighted by Gasteiger charge is 2.11. The van der Waals surface area contributed by atoms with E-state index in [0.29, 0.717) is 5.56 Å². The SMILES string of the molecule is O=C(NCCO)c1cccc(-c2ccc3ncc(-c4ccoc4)n3n2)c1. The molecule has 0 saturated heterocycles. The molecule has 0 bridgehead atoms. The average molecular weight is 348 g/mol. The van der Waals surface area contributed by atoms with Gasteiger partial charge in [0.15, 0.2) is 5.65 Å². The van der Waals surface area contributed by atoms with Crippen molar-refractivity contribution in [3.05, 3.63) is 66.8 Å². The first-order chi connectivity index (χ1) is 12.8. The van der Waals surface area contributed by atoms with Gasteiger partial charge in [0.25, 0.3) is 5.91 Å². The molecule has 2 N–H and O–H groups in total. The number of hydrogen-bond donors (Lipinski definition) is 2. The van der Waals surface area contributed by atoms with E-state index < -0.39 is 0 Å². The summed E-state index contributed by atoms with van der Waals surface area (Å²) in [4.78, 5) is 16.5. The first-order valence-corrected chi connectivity index (χ1v) is 8.13. The first-order valence-electron chi connectivity index (χ1n) is 8.13. The van der Waals surface area contributed by atoms with Gasteiger partial charge < -0.3 is 14.8 Å². The maximum absolute atomic E-state index is 12.1. The molecule has 7 nitrogen and oxygen atoms in total. The van der Waals surface area contributed by atoms with Gasteiger partial charge in [-0.3, -0.25) is 4.79 Å². The number of aromatic nitrogens is 3. The lowest BCUT2D eigenvalue weighted by Gasteiger charge is -2.07. The number of rotatable bonds is 5. The Kier molecular flexibility index (Phi) is 4.20. The number of nitrogens with zero attached hydrogens (tertiary/aromatic N) is 3. The van der Waals surface area contributed by atoms with Crippen molar-refractivity contribution in [1.82, 2.24) is 19.9 Å². The molecule has 130 valence electrons. The fourth-order valence-corrected chi connectivity index (χ4v) is 2.73. The topological polar surface area (TPSA) is 92.7 Å². The van der Waals surface area contributed by atoms with E-state index in [1.165, 1.54) is 0 Å². The molecular formula is C19H16N4O3. The number of hydrogen-bond acceptors (Lipinski definition) is 5. The molecule has 0 radical (unpaired) electrons. The van der Waals surface area contributed by atoms with Crippen LogP contribution in [0, 0.1) is 0 Å². The number of aliphatic hydroxyl groups is 1. The first kappa shape index (κ1) is 16.0. The van der Waals surface area contributed by atoms with E-state index in [1.807, 2.05) is 24.3 Å². The summed E-state index contributed by atoms with van der Waals surface area (Å²) >= 11 is 0. The minimum atomic E-state index is -0.233. The van der Waals surface area contributed by atoms with Crippen molar-refractivity contribution in [3.8, 4) is 22.5 Å². The summed E-state index contributed by atoms with van der Waals surface area (Å²) in [6.07, 6.45) is 4.99. The number of carbonyl (C=O) groups is 1. The number of carbonyl (C=O) groups excluding carboxylic acids is 1. The van der Waals surface area contributed by atoms with E-state index in [4.69, 9.17) is 9.52 Å². The zero-order valence-corrected chi connectivity index (χ0v) is 13.8. The Labute approximate surface area is 148 Å². The van der Waals surface area contributed by atoms with E-state index in [9.17, 15) is 4.79 Å². The monoisotopic (exact) mass is 348 g/mol. The smallest absolute Gasteiger partial charge is 0.251 e. The van der Waals surface area contributed by atoms with Gasteiger partial charge >= 0.3 is 0 Å². The molecule has 0 spiro atoms. The van der Waals surface area contributed by atoms with Crippen LogP contribution in [0.3, 0.4) is 0 Å². The summed E-state index contributed by atoms with van der Waals surface area (Å²) < 4.78 is 6.89. The fourth-order valence-electron chi connectivity index (χ4n) is 2.73. The van der Waals surface area contributed by atoms with E-state index in [0.717, 1.165) is 28.2 Å². The second-order valence-electron chi connectivity index (χ2n) is 5.70. The number of imidazole rings is 1. The zero-order chi connectivity index (χ0) is 17.9. The molecule has 0 aliphatic heterocycles. The Bertz CT molecular complexity index is 1050. The molecule has 0 saturated carbocycles. The quantitative estimate of drug-likeness (QED) is 0.578. The lowest BCUT2D eigenvalue weighted by Crippen LogP contribution is -2.26. The molecular weight excluding hydrogens is 332 g/mol. The van der Waals surface area contributed by atoms with Crippen LogP contribution in [0.1, 0.15) is 10.4 Å². The fraction of sp³-hybridized carbons (Fsp3) is 0.105. The number of fused-ring (bicyclic) bond motifs is 1. The highest BCUT2D eigenvalue weighted by molar-refractivity contribution is 5.95. The van der Waals surface area contributed by atoms with Crippen molar-refractivity contribution in [2.75, 3.05) is 13.2 Å². The number of amides is 1. The standard InChI is InChI=1S/C19H16N4O3/c24-8-7-20-19(25)14-3-1-2-13(10-14)16-4-5-18-21-11-17(23(18)22-16)15-6-9-26-12-15/h1-6,9-12,24H,7-8H2,(H,20,25). The third-order valence-electron chi connectivity index (χ3n) is 4.00. The van der Waals surface area contributed by atoms with Crippen LogP contribution >= 0.6 is 0 Å². The van der Waals surface area contributed by atoms with Crippen molar-refractivity contribution in [2.45, 2.75) is 0 Å². The Hall–Kier alpha value is -3.45. The van der Waals surface area contributed by atoms with Crippen molar-refractivity contribution >= 4 is 11.6 Å². The molecule has 0 atom stereocenters. The molecule has 3 heterocycles. The summed E-state index contributed by atoms with van der Waals surface area (Å²) in [7, 11) is 0. The maximum atomic E-state index is 12.1. The molecule has 7 heteroatoms. The van der Waals surface area contributed by atoms with Crippen LogP contribution in [0.15, 0.2) is 65.6 Å². The molecule has 3 aromatic heterocycles. The molecule has 4 aromatic rings. The van der Waals surface area contributed by atoms with Crippen molar-refractivity contribution in [1.29, 1.82) is 0 Å². The summed E-state index contributed by atoms with van der Waals surface area (Å²) in [6.45, 7) is 0.122. The molecule has 0 aliphatic carbocycles. The van der Waals surface area contributed by atoms with Gasteiger partial charge in [-0.05, 0) is 30.3 Å². The predicted molar refractivity (Wildman–Crippen MR) is 95.5 cm³/mol. The van der Waals surface area contributed by atoms with Crippen LogP contribution in [-0.4, -0.2) is 38.8 Å². The average Bonchev–Trinajstić information content (AvgIpc) is 3.35. The highest BCUT2D eigenvalue weighted by Crippen LogP contribution is 2.23. The van der Waals surface area contributed by atoms with E-state index in [1.54, 1.807) is 41.4 Å². The molecule has 4 rings (SSSR count). The summed E-state index contributed by atoms with van der Waals surface area (Å²) in [5.41, 5.74) is 4.49. The van der Waals surface area contributed by atoms with Crippen LogP contribution in [0.5, 0.6) is 0 Å². The van der Waals surface area contributed by atoms with Crippen LogP contribution in [-0.2, 0) is 0 Å². The minimum Gasteiger partial charge on any atom is -0.472 e. The zero-order valence-electron chi connectivity index (χ0n) is 13.8. The molecule has 0 unspecified atom stereocenters. The van der Waals surface area contributed by atoms with Crippen molar-refractivity contribution < 1.29 is 14.3 Å². The predicted octanol–water partition coefficient (Wildman–Crippen LogP) is 2.38. The second kappa shape index (κ2) is 6.81. The number of benzene rings is 1. The Balaban J connectivity index is 1.73. The summed E-state index contributed by atoms with van der Waals surface area (Å²) in [6, 6.07) is 12.8. The lowest BCUT2D eigenvalue weighted by molar-refractivity contribution is 0.0945. The number of furan rings is 1. The van der Waals surface area contributed by atoms with Crippen molar-refractivity contribution in [2.24, 2.45) is 0 Å². The Morgan fingerprint density at radius 1 is 1.19 bits per heavy atom. The Morgan fingerprint density at radius 3 is 2.92 bits per heavy atom. The summed E-state index contributed by atoms with van der Waals surface area (Å²) in [5.74, 6) is -0.233. The number of aliphatic hydroxyl groups excluding tert-OH is 1. The van der Waals surface area contributed by atoms with Gasteiger partial charge in [-0.25, -0.2) is 9.50 Å². The largest absolute Gasteiger partial charge is 0.472 e. The van der Waals surface area contributed by atoms with Gasteiger partial charge in [0.1, 0.15) is 0 Å². The van der Waals surface area contributed by atoms with Crippen LogP contribution < -0.4 is 5.32 Å². The van der Waals surface area contributed by atoms with Crippen LogP contribution in [0.25, 0.3) is 28.2 Å². The number of nitrogens with one attached hydrogen (secondary N) is 1. The van der Waals surface area contributed by atoms with Crippen LogP contribution in [0.2, 0.25) is 0 Å². The third kappa shape index (κ3) is 2.96. The van der Waals surface area contributed by atoms with E-state index >= 15 is 0 Å². The molecule has 0 aliphatic rings. The Morgan fingerprint density at radius 2 is 2.12 bits per heavy atom. The lowest BCUT2D eigenvalue weighted by atomic mass is 10.1. The van der Waals surface area contributed by atoms with Gasteiger partial charge in [0.05, 0.1) is 36.7 Å². The normalized spacial score (nSPS) is 11.0. The third-order valence-corrected chi connectivity index (χ3v) is 4.00. The van der Waals surface area contributed by atoms with Gasteiger partial charge in [0, 0.05) is 23.2 Å². The van der Waals surface area contributed by atoms with E-state index in [2.05, 4.69) is 15.4 Å². The van der Waals surface area contributed by atoms with E-state index in [-0.39, 0.29) is 19.1 Å². The van der Waals surface area contributed by atoms with Crippen molar-refractivity contribution in [3.63, 3.8) is 0 Å². The highest BCUT2D eigenvalue weighted by atomic mass is 16.3. The molecule has 0 fully saturated rings. The molecule has 1 amide bonds. The van der Waals surface area contributed by atoms with Gasteiger partial charge in [-0.15, -0.1) is 0 Å². The second-order valence-corrected chi connectivity index (χ2v) is 5.70. The summed E-state index contributed by atoms with van der Waals surface area (Å²) in [5, 5.41) is 16.1. The van der Waals surface area contributed by atoms with Crippen LogP contribution in [0.4, 0.5) is 0 Å². The van der Waals surface area contributed by atoms with Gasteiger partial charge in [-0.1, -0.05) is 12.1 Å².